The van der Waals surface area contributed by atoms with Crippen LogP contribution in [0, 0.1) is 29.6 Å². The molecule has 4 fully saturated rings. The lowest BCUT2D eigenvalue weighted by Gasteiger charge is -2.63. The normalized spacial score (nSPS) is 43.8. The molecule has 4 bridgehead atoms. The maximum Gasteiger partial charge on any atom is 0.0352 e. The third-order valence-electron chi connectivity index (χ3n) is 6.46. The van der Waals surface area contributed by atoms with E-state index in [1.54, 1.807) is 0 Å². The number of nitrogens with two attached hydrogens (primary N) is 1. The smallest absolute Gasteiger partial charge is 0.0352 e. The van der Waals surface area contributed by atoms with E-state index in [2.05, 4.69) is 38.1 Å². The molecule has 1 heteroatoms. The first-order chi connectivity index (χ1) is 9.48. The molecular weight excluding hydrogens is 242 g/mol. The largest absolute Gasteiger partial charge is 0.323 e. The Morgan fingerprint density at radius 3 is 2.45 bits per heavy atom. The van der Waals surface area contributed by atoms with Crippen LogP contribution in [0.3, 0.4) is 0 Å². The first kappa shape index (κ1) is 12.9. The Hall–Kier alpha value is -0.820. The van der Waals surface area contributed by atoms with Gasteiger partial charge < -0.3 is 5.73 Å². The Morgan fingerprint density at radius 1 is 1.15 bits per heavy atom. The van der Waals surface area contributed by atoms with Gasteiger partial charge in [-0.25, -0.2) is 0 Å². The lowest BCUT2D eigenvalue weighted by atomic mass is 9.43. The lowest BCUT2D eigenvalue weighted by Crippen LogP contribution is -2.54. The molecule has 0 amide bonds. The molecule has 0 aliphatic heterocycles. The summed E-state index contributed by atoms with van der Waals surface area (Å²) in [6.45, 7) is 4.71. The predicted octanol–water partition coefficient (Wildman–Crippen LogP) is 4.60. The summed E-state index contributed by atoms with van der Waals surface area (Å²) >= 11 is 0. The molecule has 20 heavy (non-hydrogen) atoms. The summed E-state index contributed by atoms with van der Waals surface area (Å²) in [5.41, 5.74) is 10.5. The number of hydrogen-bond donors (Lipinski definition) is 1. The van der Waals surface area contributed by atoms with Crippen molar-refractivity contribution in [3.8, 4) is 0 Å². The number of rotatable bonds is 2. The first-order valence-corrected chi connectivity index (χ1v) is 8.30. The van der Waals surface area contributed by atoms with Gasteiger partial charge in [0.05, 0.1) is 0 Å². The van der Waals surface area contributed by atoms with Crippen molar-refractivity contribution in [1.82, 2.24) is 0 Å². The van der Waals surface area contributed by atoms with Crippen LogP contribution in [0.2, 0.25) is 0 Å². The fourth-order valence-electron chi connectivity index (χ4n) is 6.38. The quantitative estimate of drug-likeness (QED) is 0.834. The van der Waals surface area contributed by atoms with E-state index < -0.39 is 0 Å². The van der Waals surface area contributed by atoms with E-state index >= 15 is 0 Å². The molecule has 0 spiro atoms. The lowest BCUT2D eigenvalue weighted by molar-refractivity contribution is -0.113. The van der Waals surface area contributed by atoms with Crippen LogP contribution in [0.1, 0.15) is 62.6 Å². The summed E-state index contributed by atoms with van der Waals surface area (Å²) in [6.07, 6.45) is 8.54. The second-order valence-corrected chi connectivity index (χ2v) is 8.53. The van der Waals surface area contributed by atoms with E-state index in [4.69, 9.17) is 5.73 Å². The van der Waals surface area contributed by atoms with Crippen molar-refractivity contribution >= 4 is 0 Å². The van der Waals surface area contributed by atoms with Gasteiger partial charge in [0.25, 0.3) is 0 Å². The standard InChI is InChI=1S/C19H27N/c1-13-4-3-5-16(6-13)17(20)19-10-14-7-15(11-19)9-18(2,8-14)12-19/h3-6,14-15,17H,7-12,20H2,1-2H3. The van der Waals surface area contributed by atoms with Crippen LogP contribution in [0.4, 0.5) is 0 Å². The van der Waals surface area contributed by atoms with E-state index in [1.165, 1.54) is 49.7 Å². The van der Waals surface area contributed by atoms with Crippen molar-refractivity contribution in [2.24, 2.45) is 28.4 Å². The zero-order valence-corrected chi connectivity index (χ0v) is 12.9. The molecule has 3 atom stereocenters. The van der Waals surface area contributed by atoms with Crippen molar-refractivity contribution in [2.45, 2.75) is 58.4 Å². The first-order valence-electron chi connectivity index (χ1n) is 8.30. The van der Waals surface area contributed by atoms with Crippen molar-refractivity contribution in [3.63, 3.8) is 0 Å². The molecule has 4 aliphatic carbocycles. The monoisotopic (exact) mass is 269 g/mol. The van der Waals surface area contributed by atoms with E-state index in [0.29, 0.717) is 10.8 Å². The topological polar surface area (TPSA) is 26.0 Å². The van der Waals surface area contributed by atoms with Gasteiger partial charge in [0.15, 0.2) is 0 Å². The Labute approximate surface area is 122 Å². The highest BCUT2D eigenvalue weighted by atomic mass is 14.8. The SMILES string of the molecule is Cc1cccc(C(N)C23CC4CC(CC(C)(C4)C2)C3)c1. The molecular formula is C19H27N. The summed E-state index contributed by atoms with van der Waals surface area (Å²) in [5.74, 6) is 1.91. The van der Waals surface area contributed by atoms with Gasteiger partial charge in [-0.2, -0.15) is 0 Å². The Bertz CT molecular complexity index is 518. The molecule has 1 nitrogen and oxygen atoms in total. The highest BCUT2D eigenvalue weighted by Gasteiger charge is 2.57. The Balaban J connectivity index is 1.70. The number of aryl methyl sites for hydroxylation is 1. The molecule has 2 N–H and O–H groups in total. The predicted molar refractivity (Wildman–Crippen MR) is 83.3 cm³/mol. The minimum absolute atomic E-state index is 0.243. The maximum absolute atomic E-state index is 6.82. The van der Waals surface area contributed by atoms with Crippen LogP contribution in [-0.2, 0) is 0 Å². The summed E-state index contributed by atoms with van der Waals surface area (Å²) in [7, 11) is 0. The molecule has 0 radical (unpaired) electrons. The minimum atomic E-state index is 0.243. The van der Waals surface area contributed by atoms with Gasteiger partial charge in [0.1, 0.15) is 0 Å². The molecule has 108 valence electrons. The third-order valence-corrected chi connectivity index (χ3v) is 6.46. The van der Waals surface area contributed by atoms with Gasteiger partial charge in [0.2, 0.25) is 0 Å². The van der Waals surface area contributed by atoms with Crippen LogP contribution < -0.4 is 5.73 Å². The maximum atomic E-state index is 6.82. The number of benzene rings is 1. The van der Waals surface area contributed by atoms with Crippen LogP contribution in [0.15, 0.2) is 24.3 Å². The summed E-state index contributed by atoms with van der Waals surface area (Å²) in [4.78, 5) is 0. The van der Waals surface area contributed by atoms with E-state index in [0.717, 1.165) is 11.8 Å². The van der Waals surface area contributed by atoms with Crippen LogP contribution >= 0.6 is 0 Å². The van der Waals surface area contributed by atoms with E-state index in [1.807, 2.05) is 0 Å². The van der Waals surface area contributed by atoms with Crippen LogP contribution in [0.25, 0.3) is 0 Å². The zero-order valence-electron chi connectivity index (χ0n) is 12.9. The van der Waals surface area contributed by atoms with Crippen LogP contribution in [0.5, 0.6) is 0 Å². The average molecular weight is 269 g/mol. The Kier molecular flexibility index (Phi) is 2.64. The molecule has 3 unspecified atom stereocenters. The molecule has 0 heterocycles. The average Bonchev–Trinajstić information content (AvgIpc) is 2.35. The summed E-state index contributed by atoms with van der Waals surface area (Å²) < 4.78 is 0. The second-order valence-electron chi connectivity index (χ2n) is 8.53. The molecule has 4 aliphatic rings. The van der Waals surface area contributed by atoms with Crippen molar-refractivity contribution < 1.29 is 0 Å². The second kappa shape index (κ2) is 4.10. The van der Waals surface area contributed by atoms with Gasteiger partial charge in [-0.1, -0.05) is 36.8 Å². The van der Waals surface area contributed by atoms with E-state index in [-0.39, 0.29) is 6.04 Å². The van der Waals surface area contributed by atoms with Gasteiger partial charge in [-0.15, -0.1) is 0 Å². The van der Waals surface area contributed by atoms with Crippen molar-refractivity contribution in [3.05, 3.63) is 35.4 Å². The summed E-state index contributed by atoms with van der Waals surface area (Å²) in [5, 5.41) is 0. The summed E-state index contributed by atoms with van der Waals surface area (Å²) in [6, 6.07) is 9.15. The fraction of sp³-hybridized carbons (Fsp3) is 0.684. The molecule has 1 aromatic rings. The highest BCUT2D eigenvalue weighted by Crippen LogP contribution is 2.67. The third kappa shape index (κ3) is 1.86. The van der Waals surface area contributed by atoms with Crippen LogP contribution in [-0.4, -0.2) is 0 Å². The van der Waals surface area contributed by atoms with Crippen molar-refractivity contribution in [1.29, 1.82) is 0 Å². The minimum Gasteiger partial charge on any atom is -0.323 e. The molecule has 5 rings (SSSR count). The Morgan fingerprint density at radius 2 is 1.85 bits per heavy atom. The molecule has 1 aromatic carbocycles. The molecule has 0 aromatic heterocycles. The van der Waals surface area contributed by atoms with Gasteiger partial charge in [-0.05, 0) is 73.7 Å². The van der Waals surface area contributed by atoms with Gasteiger partial charge >= 0.3 is 0 Å². The van der Waals surface area contributed by atoms with Gasteiger partial charge in [0, 0.05) is 6.04 Å². The highest BCUT2D eigenvalue weighted by molar-refractivity contribution is 5.28. The zero-order chi connectivity index (χ0) is 14.0. The molecule has 4 saturated carbocycles. The fourth-order valence-corrected chi connectivity index (χ4v) is 6.38. The number of hydrogen-bond acceptors (Lipinski definition) is 1. The van der Waals surface area contributed by atoms with Crippen molar-refractivity contribution in [2.75, 3.05) is 0 Å². The molecule has 0 saturated heterocycles. The van der Waals surface area contributed by atoms with Gasteiger partial charge in [-0.3, -0.25) is 0 Å². The van der Waals surface area contributed by atoms with E-state index in [9.17, 15) is 0 Å².